The lowest BCUT2D eigenvalue weighted by Crippen LogP contribution is -1.78. The molecule has 0 nitrogen and oxygen atoms in total. The number of hydrogen-bond donors (Lipinski definition) is 0. The van der Waals surface area contributed by atoms with Gasteiger partial charge in [-0.2, -0.15) is 0 Å². The topological polar surface area (TPSA) is 0 Å². The Morgan fingerprint density at radius 2 is 2.20 bits per heavy atom. The Morgan fingerprint density at radius 3 is 2.80 bits per heavy atom. The highest BCUT2D eigenvalue weighted by Crippen LogP contribution is 2.40. The first-order valence-electron chi connectivity index (χ1n) is 3.53. The molecule has 0 N–H and O–H groups in total. The predicted octanol–water partition coefficient (Wildman–Crippen LogP) is 2.97. The van der Waals surface area contributed by atoms with Crippen LogP contribution in [0.4, 0.5) is 0 Å². The van der Waals surface area contributed by atoms with Crippen LogP contribution in [0.5, 0.6) is 0 Å². The molecule has 0 heterocycles. The summed E-state index contributed by atoms with van der Waals surface area (Å²) in [4.78, 5) is 0. The zero-order chi connectivity index (χ0) is 6.97. The van der Waals surface area contributed by atoms with Crippen molar-refractivity contribution in [1.29, 1.82) is 0 Å². The van der Waals surface area contributed by atoms with E-state index in [-0.39, 0.29) is 0 Å². The van der Waals surface area contributed by atoms with Crippen molar-refractivity contribution in [3.05, 3.63) is 33.4 Å². The second-order valence-corrected chi connectivity index (χ2v) is 4.00. The second kappa shape index (κ2) is 2.53. The van der Waals surface area contributed by atoms with Gasteiger partial charge in [-0.15, -0.1) is 0 Å². The van der Waals surface area contributed by atoms with Gasteiger partial charge in [0.2, 0.25) is 0 Å². The molecule has 10 heavy (non-hydrogen) atoms. The number of rotatable bonds is 1. The van der Waals surface area contributed by atoms with Crippen LogP contribution >= 0.6 is 22.6 Å². The lowest BCUT2D eigenvalue weighted by molar-refractivity contribution is 1.13. The summed E-state index contributed by atoms with van der Waals surface area (Å²) >= 11 is 2.34. The molecule has 0 amide bonds. The van der Waals surface area contributed by atoms with E-state index in [0.717, 1.165) is 5.92 Å². The quantitative estimate of drug-likeness (QED) is 0.665. The summed E-state index contributed by atoms with van der Waals surface area (Å²) in [6, 6.07) is 9.53. The maximum absolute atomic E-state index is 3.14. The third kappa shape index (κ3) is 1.34. The van der Waals surface area contributed by atoms with Gasteiger partial charge in [-0.05, 0) is 65.1 Å². The van der Waals surface area contributed by atoms with Crippen LogP contribution in [0, 0.1) is 9.64 Å². The van der Waals surface area contributed by atoms with E-state index in [1.54, 1.807) is 0 Å². The van der Waals surface area contributed by atoms with E-state index in [4.69, 9.17) is 0 Å². The van der Waals surface area contributed by atoms with Crippen LogP contribution in [0.15, 0.2) is 18.2 Å². The van der Waals surface area contributed by atoms with Crippen LogP contribution < -0.4 is 0 Å². The lowest BCUT2D eigenvalue weighted by Gasteiger charge is -1.95. The first kappa shape index (κ1) is 6.65. The van der Waals surface area contributed by atoms with Crippen LogP contribution in [0.3, 0.4) is 0 Å². The zero-order valence-corrected chi connectivity index (χ0v) is 7.76. The molecule has 0 atom stereocenters. The molecule has 0 bridgehead atoms. The summed E-state index contributed by atoms with van der Waals surface area (Å²) in [7, 11) is 0. The fourth-order valence-corrected chi connectivity index (χ4v) is 1.65. The van der Waals surface area contributed by atoms with Crippen molar-refractivity contribution in [1.82, 2.24) is 0 Å². The summed E-state index contributed by atoms with van der Waals surface area (Å²) in [5.74, 6) is 0.867. The third-order valence-corrected chi connectivity index (χ3v) is 2.45. The normalized spacial score (nSPS) is 17.3. The van der Waals surface area contributed by atoms with E-state index in [0.29, 0.717) is 0 Å². The molecule has 1 aromatic carbocycles. The molecule has 0 aromatic heterocycles. The Hall–Kier alpha value is -0.0500. The van der Waals surface area contributed by atoms with Crippen molar-refractivity contribution in [2.24, 2.45) is 0 Å². The minimum atomic E-state index is 0.867. The monoisotopic (exact) mass is 243 g/mol. The van der Waals surface area contributed by atoms with Crippen molar-refractivity contribution in [2.75, 3.05) is 0 Å². The molecule has 1 aliphatic carbocycles. The molecular formula is C9H8I. The second-order valence-electron chi connectivity index (χ2n) is 2.76. The van der Waals surface area contributed by atoms with E-state index in [1.807, 2.05) is 6.07 Å². The van der Waals surface area contributed by atoms with Crippen LogP contribution in [0.2, 0.25) is 0 Å². The molecule has 0 saturated heterocycles. The van der Waals surface area contributed by atoms with Gasteiger partial charge in [0.25, 0.3) is 0 Å². The summed E-state index contributed by atoms with van der Waals surface area (Å²) in [6.45, 7) is 0. The average molecular weight is 243 g/mol. The molecule has 1 radical (unpaired) electrons. The Balaban J connectivity index is 2.32. The van der Waals surface area contributed by atoms with Gasteiger partial charge in [-0.1, -0.05) is 6.07 Å². The van der Waals surface area contributed by atoms with Crippen LogP contribution in [-0.2, 0) is 0 Å². The van der Waals surface area contributed by atoms with Gasteiger partial charge in [0.15, 0.2) is 0 Å². The number of hydrogen-bond acceptors (Lipinski definition) is 0. The standard InChI is InChI=1S/C9H8I/c10-9-3-1-2-8(6-9)7-4-5-7/h2-3,6-7H,4-5H2. The Kier molecular flexibility index (Phi) is 1.68. The van der Waals surface area contributed by atoms with Gasteiger partial charge in [-0.25, -0.2) is 0 Å². The first-order chi connectivity index (χ1) is 4.86. The highest BCUT2D eigenvalue weighted by molar-refractivity contribution is 14.1. The van der Waals surface area contributed by atoms with Gasteiger partial charge in [0.1, 0.15) is 0 Å². The minimum Gasteiger partial charge on any atom is -0.0508 e. The van der Waals surface area contributed by atoms with Crippen molar-refractivity contribution < 1.29 is 0 Å². The van der Waals surface area contributed by atoms with E-state index in [2.05, 4.69) is 40.8 Å². The first-order valence-corrected chi connectivity index (χ1v) is 4.60. The zero-order valence-electron chi connectivity index (χ0n) is 5.60. The number of halogens is 1. The van der Waals surface area contributed by atoms with Gasteiger partial charge in [-0.3, -0.25) is 0 Å². The Morgan fingerprint density at radius 1 is 1.40 bits per heavy atom. The van der Waals surface area contributed by atoms with E-state index in [1.165, 1.54) is 22.0 Å². The summed E-state index contributed by atoms with van der Waals surface area (Å²) < 4.78 is 1.31. The van der Waals surface area contributed by atoms with Crippen LogP contribution in [0.1, 0.15) is 24.3 Å². The predicted molar refractivity (Wildman–Crippen MR) is 50.0 cm³/mol. The molecular weight excluding hydrogens is 235 g/mol. The van der Waals surface area contributed by atoms with Crippen LogP contribution in [-0.4, -0.2) is 0 Å². The third-order valence-electron chi connectivity index (χ3n) is 1.82. The van der Waals surface area contributed by atoms with E-state index in [9.17, 15) is 0 Å². The van der Waals surface area contributed by atoms with E-state index < -0.39 is 0 Å². The molecule has 2 rings (SSSR count). The van der Waals surface area contributed by atoms with Crippen molar-refractivity contribution >= 4 is 22.6 Å². The number of benzene rings is 1. The molecule has 1 fully saturated rings. The fourth-order valence-electron chi connectivity index (χ4n) is 1.11. The maximum Gasteiger partial charge on any atom is 0.0139 e. The summed E-state index contributed by atoms with van der Waals surface area (Å²) in [5, 5.41) is 0. The Bertz CT molecular complexity index is 238. The van der Waals surface area contributed by atoms with Gasteiger partial charge >= 0.3 is 0 Å². The molecule has 0 aliphatic heterocycles. The molecule has 1 aromatic rings. The molecule has 51 valence electrons. The molecule has 0 spiro atoms. The van der Waals surface area contributed by atoms with Crippen LogP contribution in [0.25, 0.3) is 0 Å². The lowest BCUT2D eigenvalue weighted by atomic mass is 10.1. The molecule has 1 aliphatic rings. The SMILES string of the molecule is Ic1c[c]cc(C2CC2)c1. The smallest absolute Gasteiger partial charge is 0.0139 e. The van der Waals surface area contributed by atoms with Gasteiger partial charge in [0.05, 0.1) is 0 Å². The van der Waals surface area contributed by atoms with E-state index >= 15 is 0 Å². The average Bonchev–Trinajstić information content (AvgIpc) is 2.68. The summed E-state index contributed by atoms with van der Waals surface area (Å²) in [5.41, 5.74) is 1.48. The minimum absolute atomic E-state index is 0.867. The molecule has 0 unspecified atom stereocenters. The maximum atomic E-state index is 3.14. The van der Waals surface area contributed by atoms with Crippen molar-refractivity contribution in [2.45, 2.75) is 18.8 Å². The molecule has 1 heteroatoms. The highest BCUT2D eigenvalue weighted by atomic mass is 127. The highest BCUT2D eigenvalue weighted by Gasteiger charge is 2.22. The van der Waals surface area contributed by atoms with Crippen molar-refractivity contribution in [3.63, 3.8) is 0 Å². The fraction of sp³-hybridized carbons (Fsp3) is 0.333. The van der Waals surface area contributed by atoms with Gasteiger partial charge in [0, 0.05) is 3.57 Å². The van der Waals surface area contributed by atoms with Crippen molar-refractivity contribution in [3.8, 4) is 0 Å². The van der Waals surface area contributed by atoms with Gasteiger partial charge < -0.3 is 0 Å². The Labute approximate surface area is 74.8 Å². The molecule has 1 saturated carbocycles. The summed E-state index contributed by atoms with van der Waals surface area (Å²) in [6.07, 6.45) is 2.77. The largest absolute Gasteiger partial charge is 0.0508 e.